The fourth-order valence-electron chi connectivity index (χ4n) is 5.58. The van der Waals surface area contributed by atoms with Gasteiger partial charge in [-0.3, -0.25) is 14.4 Å². The van der Waals surface area contributed by atoms with Gasteiger partial charge in [-0.2, -0.15) is 0 Å². The van der Waals surface area contributed by atoms with E-state index in [4.69, 9.17) is 23.2 Å². The quantitative estimate of drug-likeness (QED) is 0.544. The van der Waals surface area contributed by atoms with Crippen molar-refractivity contribution >= 4 is 47.2 Å². The third-order valence-electron chi connectivity index (χ3n) is 7.28. The molecular formula is C24H29Cl2N3O4. The van der Waals surface area contributed by atoms with Gasteiger partial charge in [0.05, 0.1) is 16.1 Å². The number of nitrogens with zero attached hydrogens (tertiary/aromatic N) is 1. The predicted molar refractivity (Wildman–Crippen MR) is 125 cm³/mol. The van der Waals surface area contributed by atoms with Crippen LogP contribution in [0.4, 0.5) is 0 Å². The SMILES string of the molecule is O=C[C@H](C[C@@H]1CCNC1=O)NC(=O)C1[C@H]2CCC[C@H]2CN1C(=O)CCc1ccc(Cl)c(Cl)c1. The standard InChI is InChI=1S/C24H29Cl2N3O4/c25-19-6-4-14(10-20(19)26)5-7-21(31)29-12-16-2-1-3-18(16)22(29)24(33)28-17(13-30)11-15-8-9-27-23(15)32/h4,6,10,13,15-18,22H,1-3,5,7-9,11-12H2,(H,27,32)(H,28,33)/t15-,16-,17-,18-,22?/m0/s1. The molecule has 3 aliphatic rings. The lowest BCUT2D eigenvalue weighted by molar-refractivity contribution is -0.140. The van der Waals surface area contributed by atoms with Crippen LogP contribution in [-0.2, 0) is 25.6 Å². The summed E-state index contributed by atoms with van der Waals surface area (Å²) < 4.78 is 0. The van der Waals surface area contributed by atoms with Crippen LogP contribution in [0.3, 0.4) is 0 Å². The molecule has 2 N–H and O–H groups in total. The van der Waals surface area contributed by atoms with Crippen LogP contribution < -0.4 is 10.6 Å². The van der Waals surface area contributed by atoms with Crippen molar-refractivity contribution in [1.29, 1.82) is 0 Å². The Morgan fingerprint density at radius 2 is 2.03 bits per heavy atom. The molecule has 1 saturated carbocycles. The lowest BCUT2D eigenvalue weighted by Gasteiger charge is -2.28. The van der Waals surface area contributed by atoms with Crippen molar-refractivity contribution in [2.75, 3.05) is 13.1 Å². The summed E-state index contributed by atoms with van der Waals surface area (Å²) >= 11 is 12.1. The number of aldehydes is 1. The first-order chi connectivity index (χ1) is 15.9. The van der Waals surface area contributed by atoms with E-state index in [-0.39, 0.29) is 42.4 Å². The van der Waals surface area contributed by atoms with Gasteiger partial charge in [-0.15, -0.1) is 0 Å². The Bertz CT molecular complexity index is 940. The van der Waals surface area contributed by atoms with Crippen molar-refractivity contribution in [1.82, 2.24) is 15.5 Å². The molecular weight excluding hydrogens is 465 g/mol. The second-order valence-corrected chi connectivity index (χ2v) is 10.2. The van der Waals surface area contributed by atoms with E-state index in [0.717, 1.165) is 24.8 Å². The second kappa shape index (κ2) is 10.4. The first kappa shape index (κ1) is 24.0. The van der Waals surface area contributed by atoms with Crippen LogP contribution in [0.2, 0.25) is 10.0 Å². The molecule has 0 radical (unpaired) electrons. The average molecular weight is 494 g/mol. The van der Waals surface area contributed by atoms with E-state index in [0.29, 0.717) is 48.2 Å². The maximum Gasteiger partial charge on any atom is 0.243 e. The number of benzene rings is 1. The molecule has 0 bridgehead atoms. The van der Waals surface area contributed by atoms with Crippen molar-refractivity contribution in [3.8, 4) is 0 Å². The molecule has 0 spiro atoms. The summed E-state index contributed by atoms with van der Waals surface area (Å²) in [5, 5.41) is 6.50. The molecule has 4 rings (SSSR count). The van der Waals surface area contributed by atoms with Crippen LogP contribution in [0.15, 0.2) is 18.2 Å². The van der Waals surface area contributed by atoms with E-state index in [9.17, 15) is 19.2 Å². The van der Waals surface area contributed by atoms with Crippen LogP contribution in [0, 0.1) is 17.8 Å². The van der Waals surface area contributed by atoms with Crippen molar-refractivity contribution in [2.45, 2.75) is 57.0 Å². The van der Waals surface area contributed by atoms with Gasteiger partial charge in [0.15, 0.2) is 0 Å². The van der Waals surface area contributed by atoms with Gasteiger partial charge >= 0.3 is 0 Å². The Kier molecular flexibility index (Phi) is 7.59. The number of fused-ring (bicyclic) bond motifs is 1. The molecule has 1 unspecified atom stereocenters. The summed E-state index contributed by atoms with van der Waals surface area (Å²) in [6.07, 6.45) is 5.36. The number of halogens is 2. The highest BCUT2D eigenvalue weighted by Crippen LogP contribution is 2.42. The van der Waals surface area contributed by atoms with E-state index in [2.05, 4.69) is 10.6 Å². The monoisotopic (exact) mass is 493 g/mol. The molecule has 9 heteroatoms. The van der Waals surface area contributed by atoms with E-state index in [1.165, 1.54) is 0 Å². The maximum absolute atomic E-state index is 13.3. The summed E-state index contributed by atoms with van der Waals surface area (Å²) in [5.74, 6) is -0.290. The highest BCUT2D eigenvalue weighted by atomic mass is 35.5. The van der Waals surface area contributed by atoms with Crippen LogP contribution in [-0.4, -0.2) is 54.1 Å². The van der Waals surface area contributed by atoms with Crippen LogP contribution in [0.1, 0.15) is 44.1 Å². The van der Waals surface area contributed by atoms with Gasteiger partial charge in [-0.05, 0) is 61.6 Å². The van der Waals surface area contributed by atoms with E-state index in [1.807, 2.05) is 6.07 Å². The molecule has 5 atom stereocenters. The maximum atomic E-state index is 13.3. The van der Waals surface area contributed by atoms with Crippen molar-refractivity contribution in [2.24, 2.45) is 17.8 Å². The van der Waals surface area contributed by atoms with E-state index < -0.39 is 12.1 Å². The summed E-state index contributed by atoms with van der Waals surface area (Å²) in [4.78, 5) is 51.7. The molecule has 2 saturated heterocycles. The number of carbonyl (C=O) groups is 4. The lowest BCUT2D eigenvalue weighted by atomic mass is 9.92. The van der Waals surface area contributed by atoms with Gasteiger partial charge in [0.2, 0.25) is 17.7 Å². The summed E-state index contributed by atoms with van der Waals surface area (Å²) in [6.45, 7) is 1.16. The Labute approximate surface area is 203 Å². The first-order valence-electron chi connectivity index (χ1n) is 11.6. The minimum atomic E-state index is -0.736. The zero-order chi connectivity index (χ0) is 23.5. The Morgan fingerprint density at radius 1 is 1.21 bits per heavy atom. The molecule has 7 nitrogen and oxygen atoms in total. The van der Waals surface area contributed by atoms with Crippen molar-refractivity contribution in [3.05, 3.63) is 33.8 Å². The number of aryl methyl sites for hydroxylation is 1. The number of carbonyl (C=O) groups excluding carboxylic acids is 4. The molecule has 33 heavy (non-hydrogen) atoms. The minimum Gasteiger partial charge on any atom is -0.356 e. The molecule has 1 aromatic rings. The van der Waals surface area contributed by atoms with Gasteiger partial charge in [0, 0.05) is 25.4 Å². The predicted octanol–water partition coefficient (Wildman–Crippen LogP) is 2.76. The number of hydrogen-bond donors (Lipinski definition) is 2. The summed E-state index contributed by atoms with van der Waals surface area (Å²) in [6, 6.07) is 4.01. The van der Waals surface area contributed by atoms with Gasteiger partial charge in [-0.1, -0.05) is 35.7 Å². The lowest BCUT2D eigenvalue weighted by Crippen LogP contribution is -2.52. The fourth-order valence-corrected chi connectivity index (χ4v) is 5.90. The highest BCUT2D eigenvalue weighted by molar-refractivity contribution is 6.42. The van der Waals surface area contributed by atoms with Gasteiger partial charge in [-0.25, -0.2) is 0 Å². The first-order valence-corrected chi connectivity index (χ1v) is 12.4. The minimum absolute atomic E-state index is 0.0755. The fraction of sp³-hybridized carbons (Fsp3) is 0.583. The number of likely N-dealkylation sites (tertiary alicyclic amines) is 1. The zero-order valence-corrected chi connectivity index (χ0v) is 19.9. The van der Waals surface area contributed by atoms with Crippen molar-refractivity contribution in [3.63, 3.8) is 0 Å². The molecule has 3 fully saturated rings. The molecule has 2 aliphatic heterocycles. The topological polar surface area (TPSA) is 95.6 Å². The van der Waals surface area contributed by atoms with Gasteiger partial charge < -0.3 is 20.3 Å². The second-order valence-electron chi connectivity index (χ2n) is 9.36. The largest absolute Gasteiger partial charge is 0.356 e. The molecule has 178 valence electrons. The molecule has 0 aromatic heterocycles. The van der Waals surface area contributed by atoms with Gasteiger partial charge in [0.1, 0.15) is 12.3 Å². The number of amides is 3. The third-order valence-corrected chi connectivity index (χ3v) is 8.02. The molecule has 1 aromatic carbocycles. The Hall–Kier alpha value is -2.12. The summed E-state index contributed by atoms with van der Waals surface area (Å²) in [5.41, 5.74) is 0.911. The summed E-state index contributed by atoms with van der Waals surface area (Å²) in [7, 11) is 0. The van der Waals surface area contributed by atoms with E-state index >= 15 is 0 Å². The zero-order valence-electron chi connectivity index (χ0n) is 18.4. The van der Waals surface area contributed by atoms with E-state index in [1.54, 1.807) is 17.0 Å². The number of hydrogen-bond acceptors (Lipinski definition) is 4. The van der Waals surface area contributed by atoms with Crippen LogP contribution in [0.25, 0.3) is 0 Å². The number of rotatable bonds is 8. The van der Waals surface area contributed by atoms with Gasteiger partial charge in [0.25, 0.3) is 0 Å². The van der Waals surface area contributed by atoms with Crippen LogP contribution in [0.5, 0.6) is 0 Å². The molecule has 2 heterocycles. The Morgan fingerprint density at radius 3 is 2.73 bits per heavy atom. The molecule has 3 amide bonds. The van der Waals surface area contributed by atoms with Crippen molar-refractivity contribution < 1.29 is 19.2 Å². The Balaban J connectivity index is 1.41. The third kappa shape index (κ3) is 5.35. The average Bonchev–Trinajstić information content (AvgIpc) is 3.50. The molecule has 1 aliphatic carbocycles. The highest BCUT2D eigenvalue weighted by Gasteiger charge is 2.49. The normalized spacial score (nSPS) is 27.2. The van der Waals surface area contributed by atoms with Crippen LogP contribution >= 0.6 is 23.2 Å². The smallest absolute Gasteiger partial charge is 0.243 e. The number of nitrogens with one attached hydrogen (secondary N) is 2.